The lowest BCUT2D eigenvalue weighted by atomic mass is 9.92. The number of carbonyl (C=O) groups is 1. The Hall–Kier alpha value is -1.97. The Morgan fingerprint density at radius 1 is 1.45 bits per heavy atom. The van der Waals surface area contributed by atoms with Crippen LogP contribution in [-0.2, 0) is 0 Å². The van der Waals surface area contributed by atoms with E-state index in [-0.39, 0.29) is 5.91 Å². The standard InChI is InChI=1S/C16H21N3O/c1-10(2)16(6-7-16)9-18-15(20)13-8-11-4-3-5-12(17)14(11)19-13/h3-5,8,10,19H,6-7,9,17H2,1-2H3,(H,18,20). The number of nitrogens with one attached hydrogen (secondary N) is 2. The van der Waals surface area contributed by atoms with Gasteiger partial charge in [-0.05, 0) is 36.3 Å². The van der Waals surface area contributed by atoms with E-state index < -0.39 is 0 Å². The Bertz CT molecular complexity index is 653. The number of fused-ring (bicyclic) bond motifs is 1. The first-order valence-electron chi connectivity index (χ1n) is 7.17. The molecule has 106 valence electrons. The Morgan fingerprint density at radius 3 is 2.80 bits per heavy atom. The fourth-order valence-electron chi connectivity index (χ4n) is 2.77. The molecule has 1 aliphatic carbocycles. The van der Waals surface area contributed by atoms with E-state index >= 15 is 0 Å². The van der Waals surface area contributed by atoms with E-state index in [1.165, 1.54) is 12.8 Å². The van der Waals surface area contributed by atoms with Crippen molar-refractivity contribution in [2.75, 3.05) is 12.3 Å². The van der Waals surface area contributed by atoms with Crippen molar-refractivity contribution in [3.8, 4) is 0 Å². The highest BCUT2D eigenvalue weighted by Crippen LogP contribution is 2.51. The summed E-state index contributed by atoms with van der Waals surface area (Å²) < 4.78 is 0. The van der Waals surface area contributed by atoms with Gasteiger partial charge in [-0.2, -0.15) is 0 Å². The molecule has 1 heterocycles. The fraction of sp³-hybridized carbons (Fsp3) is 0.438. The molecule has 1 saturated carbocycles. The topological polar surface area (TPSA) is 70.9 Å². The zero-order chi connectivity index (χ0) is 14.3. The van der Waals surface area contributed by atoms with Gasteiger partial charge in [-0.1, -0.05) is 26.0 Å². The zero-order valence-corrected chi connectivity index (χ0v) is 12.0. The molecule has 0 saturated heterocycles. The molecule has 0 unspecified atom stereocenters. The molecule has 0 spiro atoms. The van der Waals surface area contributed by atoms with E-state index in [4.69, 9.17) is 5.73 Å². The maximum Gasteiger partial charge on any atom is 0.267 e. The summed E-state index contributed by atoms with van der Waals surface area (Å²) in [6, 6.07) is 7.54. The minimum Gasteiger partial charge on any atom is -0.397 e. The first-order chi connectivity index (χ1) is 9.52. The molecule has 20 heavy (non-hydrogen) atoms. The van der Waals surface area contributed by atoms with Crippen LogP contribution in [0.3, 0.4) is 0 Å². The highest BCUT2D eigenvalue weighted by atomic mass is 16.1. The Morgan fingerprint density at radius 2 is 2.20 bits per heavy atom. The largest absolute Gasteiger partial charge is 0.397 e. The Balaban J connectivity index is 1.74. The number of nitrogens with two attached hydrogens (primary N) is 1. The number of para-hydroxylation sites is 1. The minimum absolute atomic E-state index is 0.0486. The van der Waals surface area contributed by atoms with Crippen LogP contribution in [0.1, 0.15) is 37.2 Å². The second-order valence-electron chi connectivity index (χ2n) is 6.19. The van der Waals surface area contributed by atoms with Crippen molar-refractivity contribution >= 4 is 22.5 Å². The number of hydrogen-bond acceptors (Lipinski definition) is 2. The van der Waals surface area contributed by atoms with Crippen LogP contribution in [0.25, 0.3) is 10.9 Å². The molecule has 4 nitrogen and oxygen atoms in total. The lowest BCUT2D eigenvalue weighted by Gasteiger charge is -2.19. The maximum absolute atomic E-state index is 12.2. The number of aromatic amines is 1. The Kier molecular flexibility index (Phi) is 2.96. The number of carbonyl (C=O) groups excluding carboxylic acids is 1. The van der Waals surface area contributed by atoms with Crippen LogP contribution < -0.4 is 11.1 Å². The van der Waals surface area contributed by atoms with E-state index in [9.17, 15) is 4.79 Å². The number of nitrogen functional groups attached to an aromatic ring is 1. The first kappa shape index (κ1) is 13.0. The minimum atomic E-state index is -0.0486. The van der Waals surface area contributed by atoms with Gasteiger partial charge in [0.1, 0.15) is 5.69 Å². The van der Waals surface area contributed by atoms with Crippen molar-refractivity contribution in [2.45, 2.75) is 26.7 Å². The summed E-state index contributed by atoms with van der Waals surface area (Å²) in [4.78, 5) is 15.4. The molecular formula is C16H21N3O. The van der Waals surface area contributed by atoms with Crippen LogP contribution in [0.4, 0.5) is 5.69 Å². The van der Waals surface area contributed by atoms with Crippen LogP contribution in [0.15, 0.2) is 24.3 Å². The molecule has 0 aliphatic heterocycles. The normalized spacial score (nSPS) is 16.6. The van der Waals surface area contributed by atoms with Crippen LogP contribution in [0.5, 0.6) is 0 Å². The molecule has 0 atom stereocenters. The van der Waals surface area contributed by atoms with Gasteiger partial charge in [0.25, 0.3) is 5.91 Å². The number of aromatic nitrogens is 1. The third-order valence-electron chi connectivity index (χ3n) is 4.65. The van der Waals surface area contributed by atoms with E-state index in [0.29, 0.717) is 22.7 Å². The van der Waals surface area contributed by atoms with E-state index in [1.807, 2.05) is 24.3 Å². The van der Waals surface area contributed by atoms with Gasteiger partial charge < -0.3 is 16.0 Å². The maximum atomic E-state index is 12.2. The van der Waals surface area contributed by atoms with Gasteiger partial charge >= 0.3 is 0 Å². The van der Waals surface area contributed by atoms with E-state index in [1.54, 1.807) is 0 Å². The van der Waals surface area contributed by atoms with E-state index in [0.717, 1.165) is 17.4 Å². The lowest BCUT2D eigenvalue weighted by Crippen LogP contribution is -2.32. The number of benzene rings is 1. The summed E-state index contributed by atoms with van der Waals surface area (Å²) in [5.41, 5.74) is 8.31. The fourth-order valence-corrected chi connectivity index (χ4v) is 2.77. The third-order valence-corrected chi connectivity index (χ3v) is 4.65. The molecule has 0 radical (unpaired) electrons. The Labute approximate surface area is 118 Å². The number of rotatable bonds is 4. The predicted molar refractivity (Wildman–Crippen MR) is 81.5 cm³/mol. The van der Waals surface area contributed by atoms with Gasteiger partial charge in [0, 0.05) is 11.9 Å². The molecular weight excluding hydrogens is 250 g/mol. The average molecular weight is 271 g/mol. The summed E-state index contributed by atoms with van der Waals surface area (Å²) in [7, 11) is 0. The van der Waals surface area contributed by atoms with Crippen molar-refractivity contribution in [2.24, 2.45) is 11.3 Å². The molecule has 1 amide bonds. The highest BCUT2D eigenvalue weighted by Gasteiger charge is 2.45. The smallest absolute Gasteiger partial charge is 0.267 e. The molecule has 1 aromatic heterocycles. The van der Waals surface area contributed by atoms with Gasteiger partial charge in [0.15, 0.2) is 0 Å². The van der Waals surface area contributed by atoms with Crippen LogP contribution >= 0.6 is 0 Å². The van der Waals surface area contributed by atoms with Gasteiger partial charge in [-0.25, -0.2) is 0 Å². The molecule has 1 aromatic carbocycles. The predicted octanol–water partition coefficient (Wildman–Crippen LogP) is 2.92. The summed E-state index contributed by atoms with van der Waals surface area (Å²) >= 11 is 0. The quantitative estimate of drug-likeness (QED) is 0.748. The van der Waals surface area contributed by atoms with E-state index in [2.05, 4.69) is 24.1 Å². The number of amides is 1. The zero-order valence-electron chi connectivity index (χ0n) is 12.0. The summed E-state index contributed by atoms with van der Waals surface area (Å²) in [5.74, 6) is 0.564. The van der Waals surface area contributed by atoms with Crippen molar-refractivity contribution < 1.29 is 4.79 Å². The van der Waals surface area contributed by atoms with Gasteiger partial charge in [-0.3, -0.25) is 4.79 Å². The molecule has 4 heteroatoms. The molecule has 3 rings (SSSR count). The van der Waals surface area contributed by atoms with Crippen molar-refractivity contribution in [1.29, 1.82) is 0 Å². The second kappa shape index (κ2) is 4.54. The average Bonchev–Trinajstić information content (AvgIpc) is 3.08. The SMILES string of the molecule is CC(C)C1(CNC(=O)c2cc3cccc(N)c3[nH]2)CC1. The van der Waals surface area contributed by atoms with Crippen molar-refractivity contribution in [3.63, 3.8) is 0 Å². The summed E-state index contributed by atoms with van der Waals surface area (Å²) in [5, 5.41) is 4.02. The monoisotopic (exact) mass is 271 g/mol. The van der Waals surface area contributed by atoms with Crippen molar-refractivity contribution in [1.82, 2.24) is 10.3 Å². The first-order valence-corrected chi connectivity index (χ1v) is 7.17. The van der Waals surface area contributed by atoms with Crippen molar-refractivity contribution in [3.05, 3.63) is 30.0 Å². The van der Waals surface area contributed by atoms with Crippen LogP contribution in [0, 0.1) is 11.3 Å². The molecule has 1 fully saturated rings. The number of H-pyrrole nitrogens is 1. The molecule has 1 aliphatic rings. The van der Waals surface area contributed by atoms with Gasteiger partial charge in [0.05, 0.1) is 11.2 Å². The lowest BCUT2D eigenvalue weighted by molar-refractivity contribution is 0.0935. The van der Waals surface area contributed by atoms with Gasteiger partial charge in [-0.15, -0.1) is 0 Å². The number of hydrogen-bond donors (Lipinski definition) is 3. The third kappa shape index (κ3) is 2.15. The van der Waals surface area contributed by atoms with Crippen LogP contribution in [0.2, 0.25) is 0 Å². The summed E-state index contributed by atoms with van der Waals surface area (Å²) in [6.45, 7) is 5.21. The second-order valence-corrected chi connectivity index (χ2v) is 6.19. The summed E-state index contributed by atoms with van der Waals surface area (Å²) in [6.07, 6.45) is 2.43. The number of anilines is 1. The molecule has 4 N–H and O–H groups in total. The highest BCUT2D eigenvalue weighted by molar-refractivity contribution is 6.00. The molecule has 0 bridgehead atoms. The molecule has 2 aromatic rings. The van der Waals surface area contributed by atoms with Crippen LogP contribution in [-0.4, -0.2) is 17.4 Å². The van der Waals surface area contributed by atoms with Gasteiger partial charge in [0.2, 0.25) is 0 Å².